The van der Waals surface area contributed by atoms with Gasteiger partial charge in [0.1, 0.15) is 5.75 Å². The molecule has 0 saturated carbocycles. The molecule has 0 aromatic heterocycles. The second-order valence-electron chi connectivity index (χ2n) is 4.67. The Morgan fingerprint density at radius 1 is 1.48 bits per heavy atom. The lowest BCUT2D eigenvalue weighted by molar-refractivity contribution is -0.161. The second-order valence-corrected chi connectivity index (χ2v) is 5.53. The van der Waals surface area contributed by atoms with E-state index in [0.29, 0.717) is 12.3 Å². The lowest BCUT2D eigenvalue weighted by Crippen LogP contribution is -2.51. The topological polar surface area (TPSA) is 76.1 Å². The Bertz CT molecular complexity index is 536. The van der Waals surface area contributed by atoms with E-state index in [1.54, 1.807) is 13.0 Å². The summed E-state index contributed by atoms with van der Waals surface area (Å²) >= 11 is 3.35. The van der Waals surface area contributed by atoms with Crippen molar-refractivity contribution in [2.24, 2.45) is 0 Å². The van der Waals surface area contributed by atoms with Gasteiger partial charge in [-0.3, -0.25) is 4.79 Å². The van der Waals surface area contributed by atoms with Crippen LogP contribution in [0.25, 0.3) is 0 Å². The number of hydrogen-bond donors (Lipinski definition) is 1. The molecule has 1 amide bonds. The van der Waals surface area contributed by atoms with Gasteiger partial charge in [0.2, 0.25) is 0 Å². The summed E-state index contributed by atoms with van der Waals surface area (Å²) in [6.07, 6.45) is -1.67. The molecule has 1 aliphatic heterocycles. The Labute approximate surface area is 130 Å². The summed E-state index contributed by atoms with van der Waals surface area (Å²) in [5, 5.41) is 8.95. The number of amides is 1. The molecule has 2 unspecified atom stereocenters. The van der Waals surface area contributed by atoms with Crippen LogP contribution in [0.5, 0.6) is 5.75 Å². The van der Waals surface area contributed by atoms with Crippen molar-refractivity contribution in [2.45, 2.75) is 19.1 Å². The van der Waals surface area contributed by atoms with Gasteiger partial charge in [0.25, 0.3) is 5.91 Å². The van der Waals surface area contributed by atoms with Crippen molar-refractivity contribution in [2.75, 3.05) is 19.7 Å². The summed E-state index contributed by atoms with van der Waals surface area (Å²) < 4.78 is 11.5. The van der Waals surface area contributed by atoms with E-state index in [-0.39, 0.29) is 19.1 Å². The number of halogens is 1. The van der Waals surface area contributed by atoms with Gasteiger partial charge in [-0.15, -0.1) is 0 Å². The van der Waals surface area contributed by atoms with Crippen molar-refractivity contribution >= 4 is 27.8 Å². The number of benzene rings is 1. The highest BCUT2D eigenvalue weighted by molar-refractivity contribution is 9.10. The number of aliphatic carboxylic acids is 1. The molecule has 1 aromatic carbocycles. The number of carbonyl (C=O) groups is 2. The van der Waals surface area contributed by atoms with Gasteiger partial charge in [0.05, 0.1) is 17.6 Å². The number of nitrogens with zero attached hydrogens (tertiary/aromatic N) is 1. The van der Waals surface area contributed by atoms with Crippen LogP contribution in [-0.4, -0.2) is 53.8 Å². The van der Waals surface area contributed by atoms with Gasteiger partial charge in [-0.25, -0.2) is 4.79 Å². The summed E-state index contributed by atoms with van der Waals surface area (Å²) in [4.78, 5) is 24.7. The molecule has 2 rings (SSSR count). The van der Waals surface area contributed by atoms with E-state index in [4.69, 9.17) is 14.6 Å². The molecule has 1 aliphatic rings. The van der Waals surface area contributed by atoms with E-state index >= 15 is 0 Å². The normalized spacial score (nSPS) is 19.9. The van der Waals surface area contributed by atoms with E-state index in [9.17, 15) is 9.59 Å². The molecule has 114 valence electrons. The maximum atomic E-state index is 12.3. The van der Waals surface area contributed by atoms with Gasteiger partial charge in [-0.05, 0) is 35.0 Å². The van der Waals surface area contributed by atoms with Gasteiger partial charge in [-0.1, -0.05) is 12.1 Å². The third-order valence-corrected chi connectivity index (χ3v) is 3.80. The molecule has 0 spiro atoms. The monoisotopic (exact) mass is 357 g/mol. The molecule has 7 heteroatoms. The maximum Gasteiger partial charge on any atom is 0.334 e. The zero-order valence-corrected chi connectivity index (χ0v) is 13.1. The summed E-state index contributed by atoms with van der Waals surface area (Å²) in [6, 6.07) is 7.24. The summed E-state index contributed by atoms with van der Waals surface area (Å²) in [5.41, 5.74) is 0. The quantitative estimate of drug-likeness (QED) is 0.884. The van der Waals surface area contributed by atoms with Crippen LogP contribution in [0, 0.1) is 0 Å². The van der Waals surface area contributed by atoms with Crippen molar-refractivity contribution < 1.29 is 24.2 Å². The zero-order chi connectivity index (χ0) is 15.4. The fourth-order valence-corrected chi connectivity index (χ4v) is 2.42. The minimum absolute atomic E-state index is 0.0395. The van der Waals surface area contributed by atoms with Gasteiger partial charge in [0, 0.05) is 6.54 Å². The van der Waals surface area contributed by atoms with E-state index in [2.05, 4.69) is 15.9 Å². The zero-order valence-electron chi connectivity index (χ0n) is 11.5. The summed E-state index contributed by atoms with van der Waals surface area (Å²) in [6.45, 7) is 2.27. The largest absolute Gasteiger partial charge is 0.480 e. The number of para-hydroxylation sites is 1. The summed E-state index contributed by atoms with van der Waals surface area (Å²) in [5.74, 6) is -0.742. The molecular weight excluding hydrogens is 342 g/mol. The average Bonchev–Trinajstić information content (AvgIpc) is 2.49. The molecule has 1 fully saturated rings. The highest BCUT2D eigenvalue weighted by Gasteiger charge is 2.31. The maximum absolute atomic E-state index is 12.3. The van der Waals surface area contributed by atoms with Gasteiger partial charge in [-0.2, -0.15) is 0 Å². The smallest absolute Gasteiger partial charge is 0.334 e. The first kappa shape index (κ1) is 15.8. The number of rotatable bonds is 4. The number of carboxylic acids is 1. The summed E-state index contributed by atoms with van der Waals surface area (Å²) in [7, 11) is 0. The van der Waals surface area contributed by atoms with Gasteiger partial charge in [0.15, 0.2) is 12.2 Å². The standard InChI is InChI=1S/C14H16BrNO5/c1-9(21-11-5-3-2-4-10(11)15)13(17)16-6-7-20-12(8-16)14(18)19/h2-5,9,12H,6-8H2,1H3,(H,18,19). The number of morpholine rings is 1. The van der Waals surface area contributed by atoms with Crippen LogP contribution in [0.4, 0.5) is 0 Å². The van der Waals surface area contributed by atoms with Crippen LogP contribution in [0.15, 0.2) is 28.7 Å². The van der Waals surface area contributed by atoms with Crippen molar-refractivity contribution in [3.8, 4) is 5.75 Å². The first-order chi connectivity index (χ1) is 9.99. The number of hydrogen-bond acceptors (Lipinski definition) is 4. The molecule has 6 nitrogen and oxygen atoms in total. The van der Waals surface area contributed by atoms with Gasteiger partial charge >= 0.3 is 5.97 Å². The molecule has 1 N–H and O–H groups in total. The Balaban J connectivity index is 1.99. The van der Waals surface area contributed by atoms with Crippen molar-refractivity contribution in [1.82, 2.24) is 4.90 Å². The SMILES string of the molecule is CC(Oc1ccccc1Br)C(=O)N1CCOC(C(=O)O)C1. The van der Waals surface area contributed by atoms with E-state index in [1.165, 1.54) is 4.90 Å². The third kappa shape index (κ3) is 3.95. The van der Waals surface area contributed by atoms with Crippen LogP contribution in [0.3, 0.4) is 0 Å². The number of carbonyl (C=O) groups excluding carboxylic acids is 1. The lowest BCUT2D eigenvalue weighted by Gasteiger charge is -2.32. The number of carboxylic acid groups (broad SMARTS) is 1. The molecular formula is C14H16BrNO5. The molecule has 2 atom stereocenters. The van der Waals surface area contributed by atoms with E-state index in [0.717, 1.165) is 4.47 Å². The minimum Gasteiger partial charge on any atom is -0.480 e. The fraction of sp³-hybridized carbons (Fsp3) is 0.429. The van der Waals surface area contributed by atoms with Crippen LogP contribution in [0.1, 0.15) is 6.92 Å². The molecule has 0 aliphatic carbocycles. The third-order valence-electron chi connectivity index (χ3n) is 3.14. The molecule has 1 aromatic rings. The molecule has 0 bridgehead atoms. The van der Waals surface area contributed by atoms with Crippen LogP contribution < -0.4 is 4.74 Å². The first-order valence-corrected chi connectivity index (χ1v) is 7.32. The molecule has 1 heterocycles. The van der Waals surface area contributed by atoms with E-state index in [1.807, 2.05) is 18.2 Å². The van der Waals surface area contributed by atoms with Crippen molar-refractivity contribution in [1.29, 1.82) is 0 Å². The molecule has 1 saturated heterocycles. The Hall–Kier alpha value is -1.60. The predicted octanol–water partition coefficient (Wildman–Crippen LogP) is 1.53. The van der Waals surface area contributed by atoms with Crippen LogP contribution >= 0.6 is 15.9 Å². The Morgan fingerprint density at radius 2 is 2.19 bits per heavy atom. The second kappa shape index (κ2) is 6.91. The van der Waals surface area contributed by atoms with E-state index < -0.39 is 18.2 Å². The fourth-order valence-electron chi connectivity index (χ4n) is 2.04. The lowest BCUT2D eigenvalue weighted by atomic mass is 10.2. The first-order valence-electron chi connectivity index (χ1n) is 6.53. The molecule has 0 radical (unpaired) electrons. The Morgan fingerprint density at radius 3 is 2.86 bits per heavy atom. The van der Waals surface area contributed by atoms with Crippen molar-refractivity contribution in [3.05, 3.63) is 28.7 Å². The van der Waals surface area contributed by atoms with Crippen LogP contribution in [-0.2, 0) is 14.3 Å². The number of ether oxygens (including phenoxy) is 2. The molecule has 21 heavy (non-hydrogen) atoms. The minimum atomic E-state index is -1.06. The van der Waals surface area contributed by atoms with Gasteiger partial charge < -0.3 is 19.5 Å². The highest BCUT2D eigenvalue weighted by atomic mass is 79.9. The average molecular weight is 358 g/mol. The van der Waals surface area contributed by atoms with Crippen LogP contribution in [0.2, 0.25) is 0 Å². The highest BCUT2D eigenvalue weighted by Crippen LogP contribution is 2.25. The predicted molar refractivity (Wildman–Crippen MR) is 78.2 cm³/mol. The van der Waals surface area contributed by atoms with Crippen molar-refractivity contribution in [3.63, 3.8) is 0 Å². The Kier molecular flexibility index (Phi) is 5.19.